The minimum Gasteiger partial charge on any atom is -0.487 e. The maximum Gasteiger partial charge on any atom is 0.338 e. The average molecular weight is 394 g/mol. The lowest BCUT2D eigenvalue weighted by atomic mass is 10.2. The van der Waals surface area contributed by atoms with Crippen molar-refractivity contribution in [3.05, 3.63) is 56.6 Å². The molecule has 0 saturated heterocycles. The molecular weight excluding hydrogens is 378 g/mol. The van der Waals surface area contributed by atoms with Crippen molar-refractivity contribution in [2.75, 3.05) is 19.8 Å². The fraction of sp³-hybridized carbons (Fsp3) is 0.278. The summed E-state index contributed by atoms with van der Waals surface area (Å²) in [6.07, 6.45) is 0. The van der Waals surface area contributed by atoms with E-state index in [1.54, 1.807) is 19.1 Å². The molecule has 1 heterocycles. The van der Waals surface area contributed by atoms with Gasteiger partial charge < -0.3 is 18.9 Å². The Kier molecular flexibility index (Phi) is 5.66. The topological polar surface area (TPSA) is 97.1 Å². The van der Waals surface area contributed by atoms with Crippen LogP contribution >= 0.6 is 11.6 Å². The van der Waals surface area contributed by atoms with Crippen molar-refractivity contribution < 1.29 is 28.7 Å². The van der Waals surface area contributed by atoms with Crippen LogP contribution in [0.5, 0.6) is 17.2 Å². The van der Waals surface area contributed by atoms with Gasteiger partial charge in [-0.15, -0.1) is 0 Å². The van der Waals surface area contributed by atoms with E-state index in [0.29, 0.717) is 35.3 Å². The zero-order chi connectivity index (χ0) is 19.4. The van der Waals surface area contributed by atoms with E-state index in [0.717, 1.165) is 6.07 Å². The Bertz CT molecular complexity index is 884. The van der Waals surface area contributed by atoms with E-state index in [2.05, 4.69) is 0 Å². The molecule has 2 aromatic rings. The van der Waals surface area contributed by atoms with Crippen LogP contribution in [-0.4, -0.2) is 30.7 Å². The molecule has 1 aliphatic heterocycles. The van der Waals surface area contributed by atoms with Crippen molar-refractivity contribution in [1.29, 1.82) is 0 Å². The molecule has 0 aliphatic carbocycles. The number of rotatable bonds is 6. The Hall–Kier alpha value is -3.00. The standard InChI is InChI=1S/C18H16ClNO7/c1-2-24-15-4-3-12(9-14(15)20(22)23)18(21)27-10-11-7-13(19)17-16(8-11)25-5-6-26-17/h3-4,7-9H,2,5-6,10H2,1H3. The van der Waals surface area contributed by atoms with Gasteiger partial charge in [-0.1, -0.05) is 11.6 Å². The number of nitro benzene ring substituents is 1. The number of nitrogens with zero attached hydrogens (tertiary/aromatic N) is 1. The number of carbonyl (C=O) groups excluding carboxylic acids is 1. The van der Waals surface area contributed by atoms with E-state index in [4.69, 9.17) is 30.5 Å². The highest BCUT2D eigenvalue weighted by molar-refractivity contribution is 6.32. The molecule has 3 rings (SSSR count). The first-order valence-corrected chi connectivity index (χ1v) is 8.53. The zero-order valence-electron chi connectivity index (χ0n) is 14.4. The smallest absolute Gasteiger partial charge is 0.338 e. The third-order valence-electron chi connectivity index (χ3n) is 3.72. The molecule has 8 nitrogen and oxygen atoms in total. The molecule has 1 aliphatic rings. The van der Waals surface area contributed by atoms with Gasteiger partial charge in [0.25, 0.3) is 0 Å². The van der Waals surface area contributed by atoms with Crippen molar-refractivity contribution in [3.8, 4) is 17.2 Å². The maximum atomic E-state index is 12.3. The highest BCUT2D eigenvalue weighted by Crippen LogP contribution is 2.38. The number of hydrogen-bond donors (Lipinski definition) is 0. The lowest BCUT2D eigenvalue weighted by Crippen LogP contribution is -2.16. The summed E-state index contributed by atoms with van der Waals surface area (Å²) >= 11 is 6.15. The lowest BCUT2D eigenvalue weighted by Gasteiger charge is -2.20. The summed E-state index contributed by atoms with van der Waals surface area (Å²) in [5.74, 6) is 0.335. The minimum atomic E-state index is -0.702. The Balaban J connectivity index is 1.73. The molecular formula is C18H16ClNO7. The number of fused-ring (bicyclic) bond motifs is 1. The molecule has 0 saturated carbocycles. The third-order valence-corrected chi connectivity index (χ3v) is 4.00. The Labute approximate surface area is 159 Å². The fourth-order valence-corrected chi connectivity index (χ4v) is 2.83. The van der Waals surface area contributed by atoms with Gasteiger partial charge in [0.1, 0.15) is 19.8 Å². The van der Waals surface area contributed by atoms with Crippen molar-refractivity contribution in [2.24, 2.45) is 0 Å². The van der Waals surface area contributed by atoms with Gasteiger partial charge in [0.15, 0.2) is 17.2 Å². The van der Waals surface area contributed by atoms with Gasteiger partial charge in [0.05, 0.1) is 22.1 Å². The SMILES string of the molecule is CCOc1ccc(C(=O)OCc2cc(Cl)c3c(c2)OCCO3)cc1[N+](=O)[O-]. The molecule has 2 aromatic carbocycles. The molecule has 0 spiro atoms. The third kappa shape index (κ3) is 4.22. The van der Waals surface area contributed by atoms with E-state index < -0.39 is 10.9 Å². The highest BCUT2D eigenvalue weighted by Gasteiger charge is 2.20. The van der Waals surface area contributed by atoms with Gasteiger partial charge in [-0.05, 0) is 36.8 Å². The summed E-state index contributed by atoms with van der Waals surface area (Å²) < 4.78 is 21.3. The number of carbonyl (C=O) groups is 1. The second-order valence-electron chi connectivity index (χ2n) is 5.55. The van der Waals surface area contributed by atoms with Gasteiger partial charge >= 0.3 is 11.7 Å². The number of nitro groups is 1. The number of esters is 1. The summed E-state index contributed by atoms with van der Waals surface area (Å²) in [7, 11) is 0. The Morgan fingerprint density at radius 2 is 2.04 bits per heavy atom. The Morgan fingerprint density at radius 1 is 1.26 bits per heavy atom. The van der Waals surface area contributed by atoms with Crippen LogP contribution in [0.25, 0.3) is 0 Å². The summed E-state index contributed by atoms with van der Waals surface area (Å²) in [5.41, 5.74) is 0.362. The maximum absolute atomic E-state index is 12.3. The molecule has 0 radical (unpaired) electrons. The summed E-state index contributed by atoms with van der Waals surface area (Å²) in [4.78, 5) is 22.8. The van der Waals surface area contributed by atoms with E-state index >= 15 is 0 Å². The van der Waals surface area contributed by atoms with Gasteiger partial charge in [-0.25, -0.2) is 4.79 Å². The first-order chi connectivity index (χ1) is 13.0. The molecule has 0 amide bonds. The predicted octanol–water partition coefficient (Wildman–Crippen LogP) is 3.78. The average Bonchev–Trinajstić information content (AvgIpc) is 2.66. The Morgan fingerprint density at radius 3 is 2.78 bits per heavy atom. The molecule has 0 N–H and O–H groups in total. The minimum absolute atomic E-state index is 0.0498. The molecule has 0 bridgehead atoms. The van der Waals surface area contributed by atoms with Crippen LogP contribution in [0.4, 0.5) is 5.69 Å². The van der Waals surface area contributed by atoms with Gasteiger partial charge in [0, 0.05) is 6.07 Å². The fourth-order valence-electron chi connectivity index (χ4n) is 2.54. The normalized spacial score (nSPS) is 12.4. The van der Waals surface area contributed by atoms with Crippen LogP contribution in [0.3, 0.4) is 0 Å². The van der Waals surface area contributed by atoms with E-state index in [1.165, 1.54) is 12.1 Å². The highest BCUT2D eigenvalue weighted by atomic mass is 35.5. The second-order valence-corrected chi connectivity index (χ2v) is 5.96. The van der Waals surface area contributed by atoms with Crippen LogP contribution in [0, 0.1) is 10.1 Å². The number of ether oxygens (including phenoxy) is 4. The predicted molar refractivity (Wildman–Crippen MR) is 95.8 cm³/mol. The van der Waals surface area contributed by atoms with Crippen molar-refractivity contribution in [2.45, 2.75) is 13.5 Å². The molecule has 0 fully saturated rings. The van der Waals surface area contributed by atoms with Crippen LogP contribution in [0.2, 0.25) is 5.02 Å². The molecule has 0 unspecified atom stereocenters. The molecule has 0 atom stereocenters. The first-order valence-electron chi connectivity index (χ1n) is 8.16. The second kappa shape index (κ2) is 8.13. The molecule has 142 valence electrons. The summed E-state index contributed by atoms with van der Waals surface area (Å²) in [6, 6.07) is 7.21. The van der Waals surface area contributed by atoms with E-state index in [1.807, 2.05) is 0 Å². The number of hydrogen-bond acceptors (Lipinski definition) is 7. The largest absolute Gasteiger partial charge is 0.487 e. The van der Waals surface area contributed by atoms with Crippen molar-refractivity contribution >= 4 is 23.3 Å². The first kappa shape index (κ1) is 18.8. The molecule has 27 heavy (non-hydrogen) atoms. The zero-order valence-corrected chi connectivity index (χ0v) is 15.2. The number of benzene rings is 2. The number of halogens is 1. The van der Waals surface area contributed by atoms with Crippen LogP contribution < -0.4 is 14.2 Å². The van der Waals surface area contributed by atoms with Crippen LogP contribution in [0.1, 0.15) is 22.8 Å². The quantitative estimate of drug-likeness (QED) is 0.418. The van der Waals surface area contributed by atoms with Crippen molar-refractivity contribution in [3.63, 3.8) is 0 Å². The van der Waals surface area contributed by atoms with Gasteiger partial charge in [-0.2, -0.15) is 0 Å². The van der Waals surface area contributed by atoms with Crippen LogP contribution in [-0.2, 0) is 11.3 Å². The van der Waals surface area contributed by atoms with Gasteiger partial charge in [0.2, 0.25) is 0 Å². The van der Waals surface area contributed by atoms with Gasteiger partial charge in [-0.3, -0.25) is 10.1 Å². The molecule has 0 aromatic heterocycles. The van der Waals surface area contributed by atoms with Crippen LogP contribution in [0.15, 0.2) is 30.3 Å². The van der Waals surface area contributed by atoms with E-state index in [-0.39, 0.29) is 30.2 Å². The monoisotopic (exact) mass is 393 g/mol. The van der Waals surface area contributed by atoms with Crippen molar-refractivity contribution in [1.82, 2.24) is 0 Å². The molecule has 9 heteroatoms. The summed E-state index contributed by atoms with van der Waals surface area (Å²) in [5, 5.41) is 11.5. The lowest BCUT2D eigenvalue weighted by molar-refractivity contribution is -0.385. The summed E-state index contributed by atoms with van der Waals surface area (Å²) in [6.45, 7) is 2.73. The van der Waals surface area contributed by atoms with E-state index in [9.17, 15) is 14.9 Å².